The molecular formula is C14H14OS. The second-order valence-corrected chi connectivity index (χ2v) is 4.61. The summed E-state index contributed by atoms with van der Waals surface area (Å²) in [7, 11) is 0. The van der Waals surface area contributed by atoms with E-state index in [1.165, 1.54) is 5.56 Å². The van der Waals surface area contributed by atoms with Crippen LogP contribution in [0.15, 0.2) is 47.2 Å². The number of Topliss-reactive ketones (excluding diaryl/α,β-unsaturated/α-hetero) is 1. The summed E-state index contributed by atoms with van der Waals surface area (Å²) in [5.41, 5.74) is 2.38. The largest absolute Gasteiger partial charge is 0.299 e. The Morgan fingerprint density at radius 2 is 1.88 bits per heavy atom. The fourth-order valence-electron chi connectivity index (χ4n) is 1.63. The second-order valence-electron chi connectivity index (χ2n) is 3.83. The van der Waals surface area contributed by atoms with Crippen LogP contribution in [0.4, 0.5) is 0 Å². The van der Waals surface area contributed by atoms with Crippen molar-refractivity contribution < 1.29 is 4.79 Å². The molecule has 1 aromatic carbocycles. The third-order valence-corrected chi connectivity index (χ3v) is 3.25. The first-order valence-electron chi connectivity index (χ1n) is 5.41. The molecule has 2 aromatic rings. The number of carbonyl (C=O) groups is 1. The quantitative estimate of drug-likeness (QED) is 0.768. The molecule has 1 heterocycles. The van der Waals surface area contributed by atoms with Gasteiger partial charge in [0, 0.05) is 12.8 Å². The summed E-state index contributed by atoms with van der Waals surface area (Å²) in [5.74, 6) is 0.317. The molecule has 0 radical (unpaired) electrons. The Labute approximate surface area is 99.8 Å². The molecule has 0 aliphatic rings. The van der Waals surface area contributed by atoms with E-state index in [1.54, 1.807) is 11.3 Å². The first-order chi connectivity index (χ1) is 7.84. The van der Waals surface area contributed by atoms with Crippen LogP contribution in [0.1, 0.15) is 17.5 Å². The molecule has 0 N–H and O–H groups in total. The van der Waals surface area contributed by atoms with Gasteiger partial charge in [-0.15, -0.1) is 0 Å². The van der Waals surface area contributed by atoms with Crippen molar-refractivity contribution in [1.82, 2.24) is 0 Å². The molecule has 0 saturated carbocycles. The summed E-state index contributed by atoms with van der Waals surface area (Å²) >= 11 is 1.68. The van der Waals surface area contributed by atoms with Gasteiger partial charge in [0.1, 0.15) is 5.78 Å². The van der Waals surface area contributed by atoms with Crippen LogP contribution < -0.4 is 0 Å². The Morgan fingerprint density at radius 3 is 2.56 bits per heavy atom. The van der Waals surface area contributed by atoms with Crippen molar-refractivity contribution in [2.45, 2.75) is 19.3 Å². The highest BCUT2D eigenvalue weighted by Crippen LogP contribution is 2.10. The first-order valence-corrected chi connectivity index (χ1v) is 6.35. The van der Waals surface area contributed by atoms with Gasteiger partial charge in [-0.3, -0.25) is 4.79 Å². The molecule has 0 saturated heterocycles. The van der Waals surface area contributed by atoms with Crippen molar-refractivity contribution in [1.29, 1.82) is 0 Å². The average molecular weight is 230 g/mol. The zero-order valence-electron chi connectivity index (χ0n) is 9.06. The number of ketones is 1. The van der Waals surface area contributed by atoms with Crippen molar-refractivity contribution in [2.24, 2.45) is 0 Å². The summed E-state index contributed by atoms with van der Waals surface area (Å²) in [4.78, 5) is 11.7. The predicted octanol–water partition coefficient (Wildman–Crippen LogP) is 3.49. The first kappa shape index (κ1) is 11.1. The van der Waals surface area contributed by atoms with E-state index in [9.17, 15) is 4.79 Å². The smallest absolute Gasteiger partial charge is 0.137 e. The van der Waals surface area contributed by atoms with Crippen LogP contribution in [0, 0.1) is 0 Å². The molecule has 0 spiro atoms. The molecule has 0 bridgehead atoms. The monoisotopic (exact) mass is 230 g/mol. The van der Waals surface area contributed by atoms with Crippen molar-refractivity contribution in [3.05, 3.63) is 58.3 Å². The summed E-state index contributed by atoms with van der Waals surface area (Å²) in [6, 6.07) is 12.0. The maximum Gasteiger partial charge on any atom is 0.137 e. The Balaban J connectivity index is 1.81. The molecule has 1 nitrogen and oxygen atoms in total. The average Bonchev–Trinajstić information content (AvgIpc) is 2.81. The lowest BCUT2D eigenvalue weighted by atomic mass is 10.0. The number of rotatable bonds is 5. The molecule has 0 aliphatic carbocycles. The van der Waals surface area contributed by atoms with Gasteiger partial charge in [0.25, 0.3) is 0 Å². The highest BCUT2D eigenvalue weighted by molar-refractivity contribution is 7.07. The maximum atomic E-state index is 11.7. The van der Waals surface area contributed by atoms with Gasteiger partial charge < -0.3 is 0 Å². The minimum absolute atomic E-state index is 0.317. The second kappa shape index (κ2) is 5.61. The number of hydrogen-bond acceptors (Lipinski definition) is 2. The van der Waals surface area contributed by atoms with Crippen molar-refractivity contribution in [2.75, 3.05) is 0 Å². The number of carbonyl (C=O) groups excluding carboxylic acids is 1. The van der Waals surface area contributed by atoms with Gasteiger partial charge in [0.15, 0.2) is 0 Å². The molecule has 2 rings (SSSR count). The van der Waals surface area contributed by atoms with Crippen molar-refractivity contribution in [3.63, 3.8) is 0 Å². The van der Waals surface area contributed by atoms with Gasteiger partial charge in [-0.2, -0.15) is 11.3 Å². The van der Waals surface area contributed by atoms with Crippen LogP contribution in [0.25, 0.3) is 0 Å². The number of thiophene rings is 1. The lowest BCUT2D eigenvalue weighted by Crippen LogP contribution is -2.03. The fraction of sp³-hybridized carbons (Fsp3) is 0.214. The highest BCUT2D eigenvalue weighted by Gasteiger charge is 2.04. The number of aryl methyl sites for hydroxylation is 1. The van der Waals surface area contributed by atoms with E-state index in [0.29, 0.717) is 18.6 Å². The molecule has 82 valence electrons. The van der Waals surface area contributed by atoms with E-state index in [4.69, 9.17) is 0 Å². The van der Waals surface area contributed by atoms with Crippen molar-refractivity contribution >= 4 is 17.1 Å². The van der Waals surface area contributed by atoms with Crippen LogP contribution in [-0.2, 0) is 17.6 Å². The molecule has 0 fully saturated rings. The van der Waals surface area contributed by atoms with E-state index in [2.05, 4.69) is 16.8 Å². The van der Waals surface area contributed by atoms with E-state index >= 15 is 0 Å². The van der Waals surface area contributed by atoms with Crippen LogP contribution in [-0.4, -0.2) is 5.78 Å². The Bertz CT molecular complexity index is 431. The molecule has 0 atom stereocenters. The van der Waals surface area contributed by atoms with Crippen LogP contribution >= 0.6 is 11.3 Å². The number of benzene rings is 1. The summed E-state index contributed by atoms with van der Waals surface area (Å²) < 4.78 is 0. The highest BCUT2D eigenvalue weighted by atomic mass is 32.1. The molecule has 1 aromatic heterocycles. The molecule has 0 amide bonds. The third kappa shape index (κ3) is 3.31. The Morgan fingerprint density at radius 1 is 1.06 bits per heavy atom. The van der Waals surface area contributed by atoms with Crippen LogP contribution in [0.3, 0.4) is 0 Å². The molecular weight excluding hydrogens is 216 g/mol. The van der Waals surface area contributed by atoms with Gasteiger partial charge in [-0.1, -0.05) is 30.3 Å². The standard InChI is InChI=1S/C14H14OS/c15-14(7-6-13-8-9-16-11-13)10-12-4-2-1-3-5-12/h1-5,8-9,11H,6-7,10H2. The van der Waals surface area contributed by atoms with Crippen LogP contribution in [0.5, 0.6) is 0 Å². The fourth-order valence-corrected chi connectivity index (χ4v) is 2.33. The predicted molar refractivity (Wildman–Crippen MR) is 67.8 cm³/mol. The van der Waals surface area contributed by atoms with Gasteiger partial charge in [-0.05, 0) is 34.4 Å². The summed E-state index contributed by atoms with van der Waals surface area (Å²) in [6.45, 7) is 0. The van der Waals surface area contributed by atoms with E-state index in [1.807, 2.05) is 30.3 Å². The van der Waals surface area contributed by atoms with Gasteiger partial charge in [0.05, 0.1) is 0 Å². The Hall–Kier alpha value is -1.41. The topological polar surface area (TPSA) is 17.1 Å². The lowest BCUT2D eigenvalue weighted by molar-refractivity contribution is -0.118. The minimum atomic E-state index is 0.317. The molecule has 0 unspecified atom stereocenters. The molecule has 16 heavy (non-hydrogen) atoms. The zero-order valence-corrected chi connectivity index (χ0v) is 9.87. The molecule has 0 aliphatic heterocycles. The Kier molecular flexibility index (Phi) is 3.89. The van der Waals surface area contributed by atoms with Crippen molar-refractivity contribution in [3.8, 4) is 0 Å². The zero-order chi connectivity index (χ0) is 11.2. The van der Waals surface area contributed by atoms with E-state index in [0.717, 1.165) is 12.0 Å². The van der Waals surface area contributed by atoms with E-state index < -0.39 is 0 Å². The third-order valence-electron chi connectivity index (χ3n) is 2.52. The molecule has 2 heteroatoms. The van der Waals surface area contributed by atoms with Crippen LogP contribution in [0.2, 0.25) is 0 Å². The number of hydrogen-bond donors (Lipinski definition) is 0. The van der Waals surface area contributed by atoms with Gasteiger partial charge in [-0.25, -0.2) is 0 Å². The van der Waals surface area contributed by atoms with Gasteiger partial charge in [0.2, 0.25) is 0 Å². The van der Waals surface area contributed by atoms with E-state index in [-0.39, 0.29) is 0 Å². The SMILES string of the molecule is O=C(CCc1ccsc1)Cc1ccccc1. The normalized spacial score (nSPS) is 10.2. The maximum absolute atomic E-state index is 11.7. The minimum Gasteiger partial charge on any atom is -0.299 e. The summed E-state index contributed by atoms with van der Waals surface area (Å²) in [5, 5.41) is 4.16. The summed E-state index contributed by atoms with van der Waals surface area (Å²) in [6.07, 6.45) is 2.08. The lowest BCUT2D eigenvalue weighted by Gasteiger charge is -2.00. The van der Waals surface area contributed by atoms with Gasteiger partial charge >= 0.3 is 0 Å².